The predicted octanol–water partition coefficient (Wildman–Crippen LogP) is 3.05. The first-order valence-corrected chi connectivity index (χ1v) is 6.16. The summed E-state index contributed by atoms with van der Waals surface area (Å²) in [6.45, 7) is 4.88. The van der Waals surface area contributed by atoms with E-state index in [0.29, 0.717) is 18.3 Å². The van der Waals surface area contributed by atoms with Gasteiger partial charge in [0.2, 0.25) is 0 Å². The van der Waals surface area contributed by atoms with E-state index in [0.717, 1.165) is 16.5 Å². The van der Waals surface area contributed by atoms with Crippen LogP contribution in [0.4, 0.5) is 0 Å². The Bertz CT molecular complexity index is 355. The molecule has 0 spiro atoms. The van der Waals surface area contributed by atoms with Crippen LogP contribution in [0.15, 0.2) is 16.6 Å². The van der Waals surface area contributed by atoms with E-state index >= 15 is 0 Å². The number of benzene rings is 1. The lowest BCUT2D eigenvalue weighted by atomic mass is 10.1. The first kappa shape index (κ1) is 13.3. The van der Waals surface area contributed by atoms with Gasteiger partial charge in [0.15, 0.2) is 11.5 Å². The fourth-order valence-corrected chi connectivity index (χ4v) is 1.83. The van der Waals surface area contributed by atoms with E-state index in [1.807, 2.05) is 6.07 Å². The normalized spacial score (nSPS) is 12.5. The average molecular weight is 288 g/mol. The smallest absolute Gasteiger partial charge is 0.162 e. The molecule has 2 N–H and O–H groups in total. The number of phenolic OH excluding ortho intramolecular Hbond substituents is 1. The lowest BCUT2D eigenvalue weighted by Gasteiger charge is -2.14. The second kappa shape index (κ2) is 6.11. The SMILES string of the molecule is CCC(C)NCc1cc(Br)cc(OC)c1O. The standard InChI is InChI=1S/C12H18BrNO2/c1-4-8(2)14-7-9-5-10(13)6-11(16-3)12(9)15/h5-6,8,14-15H,4,7H2,1-3H3. The van der Waals surface area contributed by atoms with Gasteiger partial charge in [0.05, 0.1) is 7.11 Å². The first-order chi connectivity index (χ1) is 7.58. The molecule has 0 saturated carbocycles. The van der Waals surface area contributed by atoms with Gasteiger partial charge in [-0.1, -0.05) is 22.9 Å². The fourth-order valence-electron chi connectivity index (χ4n) is 1.35. The van der Waals surface area contributed by atoms with Crippen molar-refractivity contribution in [1.82, 2.24) is 5.32 Å². The van der Waals surface area contributed by atoms with Gasteiger partial charge in [-0.2, -0.15) is 0 Å². The van der Waals surface area contributed by atoms with E-state index < -0.39 is 0 Å². The highest BCUT2D eigenvalue weighted by molar-refractivity contribution is 9.10. The van der Waals surface area contributed by atoms with Crippen molar-refractivity contribution in [2.75, 3.05) is 7.11 Å². The second-order valence-corrected chi connectivity index (χ2v) is 4.72. The van der Waals surface area contributed by atoms with Crippen molar-refractivity contribution in [2.24, 2.45) is 0 Å². The molecule has 1 atom stereocenters. The molecule has 1 rings (SSSR count). The van der Waals surface area contributed by atoms with Crippen LogP contribution in [0.2, 0.25) is 0 Å². The van der Waals surface area contributed by atoms with Crippen molar-refractivity contribution in [3.8, 4) is 11.5 Å². The number of phenols is 1. The van der Waals surface area contributed by atoms with Crippen LogP contribution in [0.25, 0.3) is 0 Å². The molecule has 0 heterocycles. The van der Waals surface area contributed by atoms with Crippen LogP contribution in [0.1, 0.15) is 25.8 Å². The van der Waals surface area contributed by atoms with Gasteiger partial charge in [-0.25, -0.2) is 0 Å². The summed E-state index contributed by atoms with van der Waals surface area (Å²) >= 11 is 3.39. The molecule has 1 aromatic rings. The number of hydrogen-bond acceptors (Lipinski definition) is 3. The minimum absolute atomic E-state index is 0.210. The maximum absolute atomic E-state index is 9.91. The number of hydrogen-bond donors (Lipinski definition) is 2. The molecule has 0 aliphatic carbocycles. The van der Waals surface area contributed by atoms with Crippen molar-refractivity contribution in [3.63, 3.8) is 0 Å². The molecule has 0 saturated heterocycles. The van der Waals surface area contributed by atoms with E-state index in [1.165, 1.54) is 0 Å². The molecule has 0 aliphatic heterocycles. The van der Waals surface area contributed by atoms with E-state index in [2.05, 4.69) is 35.1 Å². The van der Waals surface area contributed by atoms with Gasteiger partial charge >= 0.3 is 0 Å². The molecular formula is C12H18BrNO2. The Morgan fingerprint density at radius 3 is 2.75 bits per heavy atom. The summed E-state index contributed by atoms with van der Waals surface area (Å²) in [5, 5.41) is 13.2. The minimum atomic E-state index is 0.210. The molecule has 0 radical (unpaired) electrons. The Morgan fingerprint density at radius 2 is 2.19 bits per heavy atom. The second-order valence-electron chi connectivity index (χ2n) is 3.81. The van der Waals surface area contributed by atoms with Crippen LogP contribution in [0.3, 0.4) is 0 Å². The lowest BCUT2D eigenvalue weighted by molar-refractivity contribution is 0.368. The number of nitrogens with one attached hydrogen (secondary N) is 1. The van der Waals surface area contributed by atoms with Gasteiger partial charge in [0, 0.05) is 22.6 Å². The van der Waals surface area contributed by atoms with Crippen LogP contribution in [-0.4, -0.2) is 18.3 Å². The largest absolute Gasteiger partial charge is 0.504 e. The molecule has 0 amide bonds. The van der Waals surface area contributed by atoms with Gasteiger partial charge in [-0.3, -0.25) is 0 Å². The fraction of sp³-hybridized carbons (Fsp3) is 0.500. The summed E-state index contributed by atoms with van der Waals surface area (Å²) in [4.78, 5) is 0. The zero-order chi connectivity index (χ0) is 12.1. The molecule has 0 fully saturated rings. The summed E-state index contributed by atoms with van der Waals surface area (Å²) in [6.07, 6.45) is 1.06. The highest BCUT2D eigenvalue weighted by Crippen LogP contribution is 2.33. The van der Waals surface area contributed by atoms with Gasteiger partial charge in [0.25, 0.3) is 0 Å². The molecule has 0 aliphatic rings. The van der Waals surface area contributed by atoms with Crippen molar-refractivity contribution in [2.45, 2.75) is 32.9 Å². The van der Waals surface area contributed by atoms with Crippen LogP contribution in [0.5, 0.6) is 11.5 Å². The summed E-state index contributed by atoms with van der Waals surface area (Å²) in [5.41, 5.74) is 0.839. The van der Waals surface area contributed by atoms with Gasteiger partial charge in [0.1, 0.15) is 0 Å². The highest BCUT2D eigenvalue weighted by Gasteiger charge is 2.10. The molecule has 0 aromatic heterocycles. The molecule has 16 heavy (non-hydrogen) atoms. The molecule has 0 bridgehead atoms. The Hall–Kier alpha value is -0.740. The minimum Gasteiger partial charge on any atom is -0.504 e. The Morgan fingerprint density at radius 1 is 1.50 bits per heavy atom. The maximum Gasteiger partial charge on any atom is 0.162 e. The molecular weight excluding hydrogens is 270 g/mol. The Kier molecular flexibility index (Phi) is 5.09. The topological polar surface area (TPSA) is 41.5 Å². The zero-order valence-electron chi connectivity index (χ0n) is 9.88. The third-order valence-corrected chi connectivity index (χ3v) is 3.05. The molecule has 3 nitrogen and oxygen atoms in total. The number of methoxy groups -OCH3 is 1. The van der Waals surface area contributed by atoms with E-state index in [-0.39, 0.29) is 5.75 Å². The average Bonchev–Trinajstić information content (AvgIpc) is 2.29. The van der Waals surface area contributed by atoms with Crippen LogP contribution in [-0.2, 0) is 6.54 Å². The van der Waals surface area contributed by atoms with E-state index in [9.17, 15) is 5.11 Å². The predicted molar refractivity (Wildman–Crippen MR) is 69.0 cm³/mol. The molecule has 1 unspecified atom stereocenters. The summed E-state index contributed by atoms with van der Waals surface area (Å²) in [7, 11) is 1.55. The molecule has 1 aromatic carbocycles. The lowest BCUT2D eigenvalue weighted by Crippen LogP contribution is -2.24. The van der Waals surface area contributed by atoms with E-state index in [4.69, 9.17) is 4.74 Å². The van der Waals surface area contributed by atoms with Gasteiger partial charge < -0.3 is 15.2 Å². The first-order valence-electron chi connectivity index (χ1n) is 5.37. The highest BCUT2D eigenvalue weighted by atomic mass is 79.9. The van der Waals surface area contributed by atoms with Crippen LogP contribution < -0.4 is 10.1 Å². The van der Waals surface area contributed by atoms with Crippen molar-refractivity contribution < 1.29 is 9.84 Å². The van der Waals surface area contributed by atoms with Crippen LogP contribution in [0, 0.1) is 0 Å². The number of rotatable bonds is 5. The monoisotopic (exact) mass is 287 g/mol. The summed E-state index contributed by atoms with van der Waals surface area (Å²) in [6, 6.07) is 4.08. The molecule has 90 valence electrons. The Balaban J connectivity index is 2.83. The third-order valence-electron chi connectivity index (χ3n) is 2.59. The van der Waals surface area contributed by atoms with Crippen molar-refractivity contribution in [1.29, 1.82) is 0 Å². The third kappa shape index (κ3) is 3.39. The van der Waals surface area contributed by atoms with Crippen molar-refractivity contribution in [3.05, 3.63) is 22.2 Å². The number of ether oxygens (including phenoxy) is 1. The summed E-state index contributed by atoms with van der Waals surface area (Å²) < 4.78 is 6.00. The van der Waals surface area contributed by atoms with Gasteiger partial charge in [-0.05, 0) is 25.5 Å². The zero-order valence-corrected chi connectivity index (χ0v) is 11.5. The summed E-state index contributed by atoms with van der Waals surface area (Å²) in [5.74, 6) is 0.705. The number of aromatic hydroxyl groups is 1. The maximum atomic E-state index is 9.91. The molecule has 4 heteroatoms. The van der Waals surface area contributed by atoms with Crippen LogP contribution >= 0.6 is 15.9 Å². The Labute approximate surface area is 105 Å². The quantitative estimate of drug-likeness (QED) is 0.875. The van der Waals surface area contributed by atoms with Gasteiger partial charge in [-0.15, -0.1) is 0 Å². The van der Waals surface area contributed by atoms with E-state index in [1.54, 1.807) is 13.2 Å². The van der Waals surface area contributed by atoms with Crippen molar-refractivity contribution >= 4 is 15.9 Å². The number of halogens is 1.